The van der Waals surface area contributed by atoms with Crippen LogP contribution in [0.2, 0.25) is 0 Å². The monoisotopic (exact) mass is 578 g/mol. The minimum absolute atomic E-state index is 0.0430. The van der Waals surface area contributed by atoms with Crippen LogP contribution in [-0.4, -0.2) is 44.0 Å². The number of nitrogens with one attached hydrogen (secondary N) is 1. The molecule has 0 fully saturated rings. The van der Waals surface area contributed by atoms with Crippen molar-refractivity contribution in [3.63, 3.8) is 0 Å². The molecule has 8 nitrogen and oxygen atoms in total. The number of hydrogen-bond donors (Lipinski definition) is 2. The standard InChI is InChI=1S/C35H34N2O6/c1-37-12-10-23-17-32-34(41-19-40-32)35-33(23)27(37)14-20-3-6-24(7-4-20)42-29-15-21(5-8-28(29)38)13-26-25-18-31(43-35)30(39-2)16-22(25)9-11-36-26/h3-8,15-18,26-27,36,38H,9-14,19H2,1-2H3/t26-,27?/m1/s1. The molecule has 0 saturated carbocycles. The van der Waals surface area contributed by atoms with Gasteiger partial charge in [-0.3, -0.25) is 4.90 Å². The summed E-state index contributed by atoms with van der Waals surface area (Å²) in [6, 6.07) is 20.2. The summed E-state index contributed by atoms with van der Waals surface area (Å²) in [5.41, 5.74) is 6.95. The van der Waals surface area contributed by atoms with Crippen LogP contribution in [0.5, 0.6) is 46.0 Å². The van der Waals surface area contributed by atoms with Crippen LogP contribution in [0, 0.1) is 0 Å². The van der Waals surface area contributed by atoms with Crippen molar-refractivity contribution in [1.82, 2.24) is 10.2 Å². The molecule has 0 spiro atoms. The van der Waals surface area contributed by atoms with E-state index >= 15 is 0 Å². The largest absolute Gasteiger partial charge is 0.504 e. The minimum atomic E-state index is 0.0430. The van der Waals surface area contributed by atoms with Crippen LogP contribution in [0.15, 0.2) is 60.7 Å². The lowest BCUT2D eigenvalue weighted by molar-refractivity contribution is 0.171. The maximum Gasteiger partial charge on any atom is 0.231 e. The molecule has 2 atom stereocenters. The first-order valence-electron chi connectivity index (χ1n) is 14.9. The lowest BCUT2D eigenvalue weighted by atomic mass is 9.87. The SMILES string of the molecule is COc1cc2c3cc1Oc1c4c(cc5c1C(Cc1ccc(cc1)Oc1cc(ccc1O)C[C@H]3NCC2)N(C)CC5)OCO4. The van der Waals surface area contributed by atoms with Crippen LogP contribution in [0.1, 0.15) is 45.5 Å². The molecule has 0 aromatic heterocycles. The van der Waals surface area contributed by atoms with E-state index in [9.17, 15) is 5.11 Å². The molecule has 5 heterocycles. The molecule has 9 rings (SSSR count). The highest BCUT2D eigenvalue weighted by molar-refractivity contribution is 5.64. The Labute approximate surface area is 250 Å². The van der Waals surface area contributed by atoms with Crippen LogP contribution >= 0.6 is 0 Å². The first kappa shape index (κ1) is 26.2. The maximum atomic E-state index is 10.6. The quantitative estimate of drug-likeness (QED) is 0.275. The third-order valence-corrected chi connectivity index (χ3v) is 9.18. The first-order valence-corrected chi connectivity index (χ1v) is 14.9. The molecule has 43 heavy (non-hydrogen) atoms. The van der Waals surface area contributed by atoms with Crippen molar-refractivity contribution in [2.24, 2.45) is 0 Å². The van der Waals surface area contributed by atoms with Gasteiger partial charge in [-0.2, -0.15) is 0 Å². The summed E-state index contributed by atoms with van der Waals surface area (Å²) in [6.07, 6.45) is 3.26. The van der Waals surface area contributed by atoms with Crippen LogP contribution in [0.25, 0.3) is 0 Å². The third-order valence-electron chi connectivity index (χ3n) is 9.18. The summed E-state index contributed by atoms with van der Waals surface area (Å²) in [5, 5.41) is 14.3. The van der Waals surface area contributed by atoms with Crippen molar-refractivity contribution in [1.29, 1.82) is 0 Å². The average Bonchev–Trinajstić information content (AvgIpc) is 3.49. The molecule has 5 aliphatic rings. The molecule has 0 radical (unpaired) electrons. The molecule has 5 aliphatic heterocycles. The van der Waals surface area contributed by atoms with E-state index in [0.717, 1.165) is 49.2 Å². The van der Waals surface area contributed by atoms with Gasteiger partial charge in [-0.1, -0.05) is 18.2 Å². The number of fused-ring (bicyclic) bond motifs is 3. The molecule has 0 saturated heterocycles. The van der Waals surface area contributed by atoms with Gasteiger partial charge in [0.2, 0.25) is 12.5 Å². The number of benzene rings is 4. The molecule has 8 heteroatoms. The number of phenolic OH excluding ortho intramolecular Hbond substituents is 1. The lowest BCUT2D eigenvalue weighted by Gasteiger charge is -2.36. The van der Waals surface area contributed by atoms with Crippen molar-refractivity contribution >= 4 is 0 Å². The Bertz CT molecular complexity index is 1720. The van der Waals surface area contributed by atoms with E-state index in [2.05, 4.69) is 47.6 Å². The van der Waals surface area contributed by atoms with Gasteiger partial charge in [0.05, 0.1) is 7.11 Å². The van der Waals surface area contributed by atoms with Crippen molar-refractivity contribution in [3.05, 3.63) is 94.0 Å². The van der Waals surface area contributed by atoms with Crippen LogP contribution < -0.4 is 29.0 Å². The highest BCUT2D eigenvalue weighted by atomic mass is 16.7. The molecule has 2 N–H and O–H groups in total. The number of nitrogens with zero attached hydrogens (tertiary/aromatic N) is 1. The van der Waals surface area contributed by atoms with Gasteiger partial charge >= 0.3 is 0 Å². The van der Waals surface area contributed by atoms with Crippen LogP contribution in [-0.2, 0) is 25.7 Å². The zero-order chi connectivity index (χ0) is 29.1. The van der Waals surface area contributed by atoms with E-state index in [1.54, 1.807) is 13.2 Å². The number of ether oxygens (including phenoxy) is 5. The van der Waals surface area contributed by atoms with E-state index in [1.807, 2.05) is 24.3 Å². The Balaban J connectivity index is 1.33. The molecular weight excluding hydrogens is 544 g/mol. The Morgan fingerprint density at radius 2 is 1.70 bits per heavy atom. The second-order valence-electron chi connectivity index (χ2n) is 11.8. The van der Waals surface area contributed by atoms with Gasteiger partial charge in [-0.05, 0) is 110 Å². The Morgan fingerprint density at radius 1 is 0.837 bits per heavy atom. The van der Waals surface area contributed by atoms with Gasteiger partial charge in [-0.25, -0.2) is 0 Å². The van der Waals surface area contributed by atoms with Crippen LogP contribution in [0.4, 0.5) is 0 Å². The normalized spacial score (nSPS) is 20.3. The second-order valence-corrected chi connectivity index (χ2v) is 11.8. The summed E-state index contributed by atoms with van der Waals surface area (Å²) in [6.45, 7) is 1.94. The van der Waals surface area contributed by atoms with Crippen molar-refractivity contribution in [2.75, 3.05) is 34.0 Å². The van der Waals surface area contributed by atoms with Crippen LogP contribution in [0.3, 0.4) is 0 Å². The molecule has 4 aromatic carbocycles. The number of likely N-dealkylation sites (N-methyl/N-ethyl adjacent to an activating group) is 1. The number of methoxy groups -OCH3 is 1. The molecule has 1 unspecified atom stereocenters. The number of hydrogen-bond acceptors (Lipinski definition) is 8. The number of aromatic hydroxyl groups is 1. The minimum Gasteiger partial charge on any atom is -0.504 e. The van der Waals surface area contributed by atoms with Crippen molar-refractivity contribution < 1.29 is 28.8 Å². The topological polar surface area (TPSA) is 81.7 Å². The van der Waals surface area contributed by atoms with Gasteiger partial charge in [0, 0.05) is 24.2 Å². The lowest BCUT2D eigenvalue weighted by Crippen LogP contribution is -2.34. The maximum absolute atomic E-state index is 10.6. The van der Waals surface area contributed by atoms with Crippen molar-refractivity contribution in [3.8, 4) is 46.0 Å². The molecule has 6 bridgehead atoms. The van der Waals surface area contributed by atoms with E-state index < -0.39 is 0 Å². The summed E-state index contributed by atoms with van der Waals surface area (Å²) in [5.74, 6) is 4.64. The highest BCUT2D eigenvalue weighted by Gasteiger charge is 2.35. The summed E-state index contributed by atoms with van der Waals surface area (Å²) in [4.78, 5) is 2.38. The average molecular weight is 579 g/mol. The fourth-order valence-electron chi connectivity index (χ4n) is 6.91. The Kier molecular flexibility index (Phi) is 6.35. The van der Waals surface area contributed by atoms with E-state index in [4.69, 9.17) is 23.7 Å². The van der Waals surface area contributed by atoms with E-state index in [1.165, 1.54) is 22.3 Å². The Morgan fingerprint density at radius 3 is 2.56 bits per heavy atom. The smallest absolute Gasteiger partial charge is 0.231 e. The predicted molar refractivity (Wildman–Crippen MR) is 161 cm³/mol. The molecule has 4 aromatic rings. The first-order chi connectivity index (χ1) is 21.0. The van der Waals surface area contributed by atoms with Gasteiger partial charge in [0.15, 0.2) is 34.5 Å². The summed E-state index contributed by atoms with van der Waals surface area (Å²) < 4.78 is 31.0. The van der Waals surface area contributed by atoms with Crippen molar-refractivity contribution in [2.45, 2.75) is 37.8 Å². The summed E-state index contributed by atoms with van der Waals surface area (Å²) in [7, 11) is 3.85. The van der Waals surface area contributed by atoms with E-state index in [-0.39, 0.29) is 24.6 Å². The Hall–Kier alpha value is -4.40. The zero-order valence-electron chi connectivity index (χ0n) is 24.3. The fourth-order valence-corrected chi connectivity index (χ4v) is 6.91. The third kappa shape index (κ3) is 4.62. The number of phenols is 1. The van der Waals surface area contributed by atoms with Gasteiger partial charge in [0.25, 0.3) is 0 Å². The molecular formula is C35H34N2O6. The zero-order valence-corrected chi connectivity index (χ0v) is 24.3. The molecule has 220 valence electrons. The van der Waals surface area contributed by atoms with Gasteiger partial charge in [0.1, 0.15) is 5.75 Å². The predicted octanol–water partition coefficient (Wildman–Crippen LogP) is 6.23. The van der Waals surface area contributed by atoms with Gasteiger partial charge in [-0.15, -0.1) is 0 Å². The second kappa shape index (κ2) is 10.4. The molecule has 0 amide bonds. The van der Waals surface area contributed by atoms with Gasteiger partial charge < -0.3 is 34.1 Å². The fraction of sp³-hybridized carbons (Fsp3) is 0.314. The number of rotatable bonds is 1. The van der Waals surface area contributed by atoms with E-state index in [0.29, 0.717) is 40.9 Å². The highest BCUT2D eigenvalue weighted by Crippen LogP contribution is 2.53. The molecule has 0 aliphatic carbocycles. The summed E-state index contributed by atoms with van der Waals surface area (Å²) >= 11 is 0.